The molecule has 2 atom stereocenters. The van der Waals surface area contributed by atoms with E-state index in [0.717, 1.165) is 57.7 Å². The van der Waals surface area contributed by atoms with E-state index in [1.165, 1.54) is 18.7 Å². The van der Waals surface area contributed by atoms with E-state index >= 15 is 0 Å². The molecule has 37 heavy (non-hydrogen) atoms. The number of hydrogen-bond acceptors (Lipinski definition) is 8. The number of carbonyl (C=O) groups excluding carboxylic acids is 1. The van der Waals surface area contributed by atoms with Gasteiger partial charge < -0.3 is 30.1 Å². The number of aliphatic hydroxyl groups is 1. The first-order valence-corrected chi connectivity index (χ1v) is 14.7. The van der Waals surface area contributed by atoms with Gasteiger partial charge in [-0.05, 0) is 75.4 Å². The number of aliphatic hydroxyl groups excluding tert-OH is 1. The van der Waals surface area contributed by atoms with Gasteiger partial charge in [-0.3, -0.25) is 9.00 Å². The molecule has 3 heterocycles. The van der Waals surface area contributed by atoms with E-state index in [9.17, 15) is 19.2 Å². The van der Waals surface area contributed by atoms with Crippen LogP contribution in [0.25, 0.3) is 0 Å². The van der Waals surface area contributed by atoms with Gasteiger partial charge in [-0.25, -0.2) is 4.98 Å². The molecule has 0 bridgehead atoms. The second kappa shape index (κ2) is 13.2. The highest BCUT2D eigenvalue weighted by Gasteiger charge is 2.22. The molecule has 202 valence electrons. The number of pyridine rings is 1. The first-order valence-electron chi connectivity index (χ1n) is 13.1. The molecule has 2 saturated heterocycles. The van der Waals surface area contributed by atoms with Crippen LogP contribution >= 0.6 is 0 Å². The second-order valence-corrected chi connectivity index (χ2v) is 11.2. The summed E-state index contributed by atoms with van der Waals surface area (Å²) in [5.41, 5.74) is 0.663. The molecule has 0 radical (unpaired) electrons. The van der Waals surface area contributed by atoms with Crippen molar-refractivity contribution in [1.82, 2.24) is 15.2 Å². The first kappa shape index (κ1) is 27.3. The van der Waals surface area contributed by atoms with E-state index in [1.54, 1.807) is 18.3 Å². The molecule has 4 rings (SSSR count). The number of ether oxygens (including phenoxy) is 1. The fraction of sp³-hybridized carbons (Fsp3) is 0.556. The minimum atomic E-state index is -1.32. The van der Waals surface area contributed by atoms with Crippen molar-refractivity contribution in [3.63, 3.8) is 0 Å². The zero-order valence-electron chi connectivity index (χ0n) is 21.5. The van der Waals surface area contributed by atoms with Crippen molar-refractivity contribution in [2.45, 2.75) is 55.6 Å². The lowest BCUT2D eigenvalue weighted by atomic mass is 10.0. The van der Waals surface area contributed by atoms with Crippen molar-refractivity contribution in [3.05, 3.63) is 42.1 Å². The zero-order valence-corrected chi connectivity index (χ0v) is 22.3. The molecule has 0 spiro atoms. The van der Waals surface area contributed by atoms with Gasteiger partial charge in [0.2, 0.25) is 0 Å². The third-order valence-corrected chi connectivity index (χ3v) is 8.00. The summed E-state index contributed by atoms with van der Waals surface area (Å²) in [6.45, 7) is 4.26. The van der Waals surface area contributed by atoms with E-state index in [-0.39, 0.29) is 18.3 Å². The van der Waals surface area contributed by atoms with E-state index in [2.05, 4.69) is 15.2 Å². The number of benzene rings is 1. The Kier molecular flexibility index (Phi) is 9.76. The van der Waals surface area contributed by atoms with Gasteiger partial charge in [0.25, 0.3) is 5.91 Å². The number of aromatic hydroxyl groups is 1. The van der Waals surface area contributed by atoms with E-state index in [4.69, 9.17) is 4.74 Å². The van der Waals surface area contributed by atoms with Crippen molar-refractivity contribution >= 4 is 22.5 Å². The monoisotopic (exact) mass is 530 g/mol. The second-order valence-electron chi connectivity index (χ2n) is 9.81. The van der Waals surface area contributed by atoms with Gasteiger partial charge in [0.1, 0.15) is 23.9 Å². The smallest absolute Gasteiger partial charge is 0.255 e. The molecule has 1 aromatic heterocycles. The molecular weight excluding hydrogens is 492 g/mol. The lowest BCUT2D eigenvalue weighted by molar-refractivity contribution is 0.0724. The Hall–Kier alpha value is -2.69. The Morgan fingerprint density at radius 1 is 1.16 bits per heavy atom. The predicted molar refractivity (Wildman–Crippen MR) is 144 cm³/mol. The third kappa shape index (κ3) is 7.66. The van der Waals surface area contributed by atoms with Crippen LogP contribution in [0.5, 0.6) is 11.5 Å². The maximum absolute atomic E-state index is 12.7. The largest absolute Gasteiger partial charge is 0.507 e. The standard InChI is InChI=1S/C27H38N4O5S/c1-37(35)25-17-23(6-7-24(25)33)36-19-22(32)9-12-28-21-10-15-30(16-11-21)26-8-5-20(18-29-26)27(34)31-13-3-2-4-14-31/h5-8,17-18,21-22,28,32-33H,2-4,9-16,19H2,1H3. The number of phenolic OH excluding ortho intramolecular Hbond substituents is 1. The molecule has 2 unspecified atom stereocenters. The van der Waals surface area contributed by atoms with Crippen LogP contribution in [0.2, 0.25) is 0 Å². The van der Waals surface area contributed by atoms with Crippen LogP contribution < -0.4 is 15.0 Å². The van der Waals surface area contributed by atoms with E-state index in [0.29, 0.717) is 35.2 Å². The third-order valence-electron chi connectivity index (χ3n) is 7.05. The Bertz CT molecular complexity index is 1050. The average Bonchev–Trinajstić information content (AvgIpc) is 2.93. The fourth-order valence-electron chi connectivity index (χ4n) is 4.84. The number of nitrogens with one attached hydrogen (secondary N) is 1. The molecule has 2 aromatic rings. The van der Waals surface area contributed by atoms with Crippen LogP contribution in [0.4, 0.5) is 5.82 Å². The van der Waals surface area contributed by atoms with Crippen LogP contribution in [0.15, 0.2) is 41.4 Å². The van der Waals surface area contributed by atoms with Gasteiger partial charge in [0.15, 0.2) is 0 Å². The Labute approximate surface area is 221 Å². The topological polar surface area (TPSA) is 115 Å². The van der Waals surface area contributed by atoms with Crippen LogP contribution in [-0.2, 0) is 10.8 Å². The highest BCUT2D eigenvalue weighted by Crippen LogP contribution is 2.25. The van der Waals surface area contributed by atoms with E-state index < -0.39 is 16.9 Å². The summed E-state index contributed by atoms with van der Waals surface area (Å²) in [6, 6.07) is 8.82. The summed E-state index contributed by atoms with van der Waals surface area (Å²) in [5.74, 6) is 1.43. The normalized spacial score (nSPS) is 18.4. The molecular formula is C27H38N4O5S. The Morgan fingerprint density at radius 2 is 1.92 bits per heavy atom. The van der Waals surface area contributed by atoms with Gasteiger partial charge in [-0.15, -0.1) is 0 Å². The lowest BCUT2D eigenvalue weighted by Gasteiger charge is -2.33. The minimum Gasteiger partial charge on any atom is -0.507 e. The summed E-state index contributed by atoms with van der Waals surface area (Å²) >= 11 is 0. The molecule has 0 aliphatic carbocycles. The van der Waals surface area contributed by atoms with Gasteiger partial charge in [0, 0.05) is 44.7 Å². The number of aromatic nitrogens is 1. The SMILES string of the molecule is CS(=O)c1cc(OCC(O)CCNC2CCN(c3ccc(C(=O)N4CCCCC4)cn3)CC2)ccc1O. The Morgan fingerprint density at radius 3 is 2.59 bits per heavy atom. The highest BCUT2D eigenvalue weighted by molar-refractivity contribution is 7.84. The fourth-order valence-corrected chi connectivity index (χ4v) is 5.48. The maximum Gasteiger partial charge on any atom is 0.255 e. The number of piperidine rings is 2. The average molecular weight is 531 g/mol. The van der Waals surface area contributed by atoms with Gasteiger partial charge in [-0.1, -0.05) is 0 Å². The van der Waals surface area contributed by atoms with Gasteiger partial charge in [0.05, 0.1) is 27.4 Å². The van der Waals surface area contributed by atoms with Crippen LogP contribution in [0.1, 0.15) is 48.9 Å². The molecule has 2 fully saturated rings. The van der Waals surface area contributed by atoms with Gasteiger partial charge in [-0.2, -0.15) is 0 Å². The summed E-state index contributed by atoms with van der Waals surface area (Å²) in [4.78, 5) is 21.7. The number of carbonyl (C=O) groups is 1. The van der Waals surface area contributed by atoms with Crippen molar-refractivity contribution in [2.24, 2.45) is 0 Å². The maximum atomic E-state index is 12.7. The summed E-state index contributed by atoms with van der Waals surface area (Å²) in [5, 5.41) is 23.6. The lowest BCUT2D eigenvalue weighted by Crippen LogP contribution is -2.43. The van der Waals surface area contributed by atoms with Crippen LogP contribution in [0.3, 0.4) is 0 Å². The van der Waals surface area contributed by atoms with E-state index in [1.807, 2.05) is 17.0 Å². The number of hydrogen-bond donors (Lipinski definition) is 3. The minimum absolute atomic E-state index is 0.0280. The summed E-state index contributed by atoms with van der Waals surface area (Å²) in [6.07, 6.45) is 8.45. The van der Waals surface area contributed by atoms with Crippen molar-refractivity contribution in [1.29, 1.82) is 0 Å². The molecule has 3 N–H and O–H groups in total. The molecule has 10 heteroatoms. The number of anilines is 1. The summed E-state index contributed by atoms with van der Waals surface area (Å²) < 4.78 is 17.3. The molecule has 2 aliphatic heterocycles. The zero-order chi connectivity index (χ0) is 26.2. The quantitative estimate of drug-likeness (QED) is 0.429. The number of rotatable bonds is 10. The Balaban J connectivity index is 1.14. The van der Waals surface area contributed by atoms with Crippen LogP contribution in [-0.4, -0.2) is 87.9 Å². The number of nitrogens with zero attached hydrogens (tertiary/aromatic N) is 3. The van der Waals surface area contributed by atoms with Gasteiger partial charge >= 0.3 is 0 Å². The predicted octanol–water partition coefficient (Wildman–Crippen LogP) is 2.54. The molecule has 1 amide bonds. The van der Waals surface area contributed by atoms with Crippen molar-refractivity contribution in [2.75, 3.05) is 50.5 Å². The molecule has 1 aromatic carbocycles. The van der Waals surface area contributed by atoms with Crippen LogP contribution in [0, 0.1) is 0 Å². The highest BCUT2D eigenvalue weighted by atomic mass is 32.2. The first-order chi connectivity index (χ1) is 17.9. The molecule has 9 nitrogen and oxygen atoms in total. The molecule has 0 saturated carbocycles. The molecule has 2 aliphatic rings. The number of likely N-dealkylation sites (tertiary alicyclic amines) is 1. The van der Waals surface area contributed by atoms with Crippen molar-refractivity contribution in [3.8, 4) is 11.5 Å². The number of amides is 1. The summed E-state index contributed by atoms with van der Waals surface area (Å²) in [7, 11) is -1.32. The number of phenols is 1. The van der Waals surface area contributed by atoms with Crippen molar-refractivity contribution < 1.29 is 24.0 Å².